The van der Waals surface area contributed by atoms with Crippen molar-refractivity contribution in [3.05, 3.63) is 131 Å². The normalized spacial score (nSPS) is 16.4. The van der Waals surface area contributed by atoms with Gasteiger partial charge in [0.2, 0.25) is 0 Å². The Morgan fingerprint density at radius 2 is 1.64 bits per heavy atom. The summed E-state index contributed by atoms with van der Waals surface area (Å²) in [6.45, 7) is 2.47. The molecule has 4 aromatic rings. The van der Waals surface area contributed by atoms with Crippen LogP contribution in [0.1, 0.15) is 33.9 Å². The summed E-state index contributed by atoms with van der Waals surface area (Å²) in [6.07, 6.45) is 3.21. The molecule has 39 heavy (non-hydrogen) atoms. The Hall–Kier alpha value is -4.91. The summed E-state index contributed by atoms with van der Waals surface area (Å²) in [7, 11) is 1.58. The van der Waals surface area contributed by atoms with Crippen molar-refractivity contribution in [1.82, 2.24) is 9.88 Å². The van der Waals surface area contributed by atoms with Gasteiger partial charge < -0.3 is 19.5 Å². The lowest BCUT2D eigenvalue weighted by Gasteiger charge is -2.25. The van der Waals surface area contributed by atoms with Crippen LogP contribution in [-0.4, -0.2) is 33.8 Å². The molecule has 1 aliphatic rings. The lowest BCUT2D eigenvalue weighted by atomic mass is 9.95. The van der Waals surface area contributed by atoms with Gasteiger partial charge in [-0.1, -0.05) is 42.5 Å². The molecular weight excluding hydrogens is 492 g/mol. The van der Waals surface area contributed by atoms with Crippen molar-refractivity contribution in [3.8, 4) is 11.5 Å². The van der Waals surface area contributed by atoms with E-state index in [-0.39, 0.29) is 17.9 Å². The maximum absolute atomic E-state index is 13.3. The van der Waals surface area contributed by atoms with Crippen LogP contribution in [0.3, 0.4) is 0 Å². The highest BCUT2D eigenvalue weighted by atomic mass is 16.5. The number of hydrogen-bond acceptors (Lipinski definition) is 6. The average Bonchev–Trinajstić information content (AvgIpc) is 3.22. The van der Waals surface area contributed by atoms with E-state index in [0.717, 1.165) is 16.7 Å². The number of carbonyl (C=O) groups is 2. The monoisotopic (exact) mass is 520 g/mol. The second kappa shape index (κ2) is 11.2. The number of aromatic nitrogens is 1. The zero-order valence-corrected chi connectivity index (χ0v) is 21.7. The van der Waals surface area contributed by atoms with Crippen LogP contribution in [0.25, 0.3) is 5.76 Å². The van der Waals surface area contributed by atoms with Crippen molar-refractivity contribution in [3.63, 3.8) is 0 Å². The first-order valence-electron chi connectivity index (χ1n) is 12.6. The van der Waals surface area contributed by atoms with Gasteiger partial charge in [-0.25, -0.2) is 0 Å². The van der Waals surface area contributed by atoms with Crippen molar-refractivity contribution < 1.29 is 24.2 Å². The van der Waals surface area contributed by atoms with Crippen LogP contribution < -0.4 is 9.47 Å². The van der Waals surface area contributed by atoms with Crippen LogP contribution in [-0.2, 0) is 22.7 Å². The number of carbonyl (C=O) groups excluding carboxylic acids is 2. The lowest BCUT2D eigenvalue weighted by Crippen LogP contribution is -2.29. The molecule has 1 fully saturated rings. The Bertz CT molecular complexity index is 1520. The molecule has 1 aliphatic heterocycles. The molecule has 2 heterocycles. The van der Waals surface area contributed by atoms with E-state index in [1.54, 1.807) is 62.0 Å². The number of Topliss-reactive ketones (excluding diaryl/α,β-unsaturated/α-hetero) is 1. The van der Waals surface area contributed by atoms with Gasteiger partial charge in [0.1, 0.15) is 23.9 Å². The molecule has 5 rings (SSSR count). The quantitative estimate of drug-likeness (QED) is 0.185. The molecule has 0 spiro atoms. The zero-order chi connectivity index (χ0) is 27.4. The summed E-state index contributed by atoms with van der Waals surface area (Å²) >= 11 is 0. The van der Waals surface area contributed by atoms with E-state index in [0.29, 0.717) is 29.2 Å². The minimum absolute atomic E-state index is 0.0389. The molecule has 1 aromatic heterocycles. The van der Waals surface area contributed by atoms with Gasteiger partial charge in [0.15, 0.2) is 0 Å². The van der Waals surface area contributed by atoms with Crippen LogP contribution in [0.5, 0.6) is 11.5 Å². The summed E-state index contributed by atoms with van der Waals surface area (Å²) in [4.78, 5) is 32.2. The first-order valence-corrected chi connectivity index (χ1v) is 12.6. The number of nitrogens with zero attached hydrogens (tertiary/aromatic N) is 2. The topological polar surface area (TPSA) is 89.0 Å². The highest BCUT2D eigenvalue weighted by molar-refractivity contribution is 6.46. The molecule has 0 saturated carbocycles. The van der Waals surface area contributed by atoms with Gasteiger partial charge in [0.05, 0.1) is 18.7 Å². The maximum Gasteiger partial charge on any atom is 0.295 e. The number of ether oxygens (including phenoxy) is 2. The van der Waals surface area contributed by atoms with Crippen molar-refractivity contribution in [2.75, 3.05) is 7.11 Å². The van der Waals surface area contributed by atoms with Gasteiger partial charge in [-0.15, -0.1) is 0 Å². The number of rotatable bonds is 8. The molecular formula is C32H28N2O5. The predicted octanol–water partition coefficient (Wildman–Crippen LogP) is 5.60. The Labute approximate surface area is 227 Å². The van der Waals surface area contributed by atoms with Crippen LogP contribution in [0.2, 0.25) is 0 Å². The lowest BCUT2D eigenvalue weighted by molar-refractivity contribution is -0.140. The highest BCUT2D eigenvalue weighted by Gasteiger charge is 2.46. The predicted molar refractivity (Wildman–Crippen MR) is 147 cm³/mol. The van der Waals surface area contributed by atoms with Crippen LogP contribution in [0.15, 0.2) is 103 Å². The first-order chi connectivity index (χ1) is 19.0. The van der Waals surface area contributed by atoms with Crippen LogP contribution in [0.4, 0.5) is 0 Å². The number of likely N-dealkylation sites (tertiary alicyclic amines) is 1. The Balaban J connectivity index is 1.49. The van der Waals surface area contributed by atoms with Gasteiger partial charge in [0, 0.05) is 24.5 Å². The van der Waals surface area contributed by atoms with Gasteiger partial charge in [0.25, 0.3) is 11.7 Å². The number of aliphatic hydroxyl groups excluding tert-OH is 1. The van der Waals surface area contributed by atoms with Crippen molar-refractivity contribution in [1.29, 1.82) is 0 Å². The van der Waals surface area contributed by atoms with E-state index in [9.17, 15) is 14.7 Å². The zero-order valence-electron chi connectivity index (χ0n) is 21.7. The van der Waals surface area contributed by atoms with E-state index in [1.165, 1.54) is 4.90 Å². The average molecular weight is 521 g/mol. The van der Waals surface area contributed by atoms with E-state index in [1.807, 2.05) is 49.4 Å². The molecule has 196 valence electrons. The van der Waals surface area contributed by atoms with Gasteiger partial charge in [-0.05, 0) is 71.6 Å². The third-order valence-electron chi connectivity index (χ3n) is 6.76. The molecule has 1 atom stereocenters. The number of methoxy groups -OCH3 is 1. The number of ketones is 1. The molecule has 0 bridgehead atoms. The van der Waals surface area contributed by atoms with Gasteiger partial charge in [-0.2, -0.15) is 0 Å². The molecule has 1 amide bonds. The summed E-state index contributed by atoms with van der Waals surface area (Å²) in [6, 6.07) is 25.1. The van der Waals surface area contributed by atoms with E-state index in [2.05, 4.69) is 4.98 Å². The molecule has 0 aliphatic carbocycles. The molecule has 1 unspecified atom stereocenters. The fraction of sp³-hybridized carbons (Fsp3) is 0.156. The smallest absolute Gasteiger partial charge is 0.295 e. The molecule has 3 aromatic carbocycles. The second-order valence-electron chi connectivity index (χ2n) is 9.31. The van der Waals surface area contributed by atoms with E-state index >= 15 is 0 Å². The number of benzene rings is 3. The van der Waals surface area contributed by atoms with Crippen LogP contribution >= 0.6 is 0 Å². The largest absolute Gasteiger partial charge is 0.507 e. The number of hydrogen-bond donors (Lipinski definition) is 1. The highest BCUT2D eigenvalue weighted by Crippen LogP contribution is 2.40. The number of pyridine rings is 1. The molecule has 1 saturated heterocycles. The third-order valence-corrected chi connectivity index (χ3v) is 6.76. The number of amides is 1. The maximum atomic E-state index is 13.3. The Morgan fingerprint density at radius 1 is 0.923 bits per heavy atom. The second-order valence-corrected chi connectivity index (χ2v) is 9.31. The summed E-state index contributed by atoms with van der Waals surface area (Å²) in [5.74, 6) is -0.275. The van der Waals surface area contributed by atoms with Gasteiger partial charge >= 0.3 is 0 Å². The molecule has 1 N–H and O–H groups in total. The summed E-state index contributed by atoms with van der Waals surface area (Å²) in [5, 5.41) is 11.4. The first kappa shape index (κ1) is 25.7. The van der Waals surface area contributed by atoms with Crippen molar-refractivity contribution in [2.45, 2.75) is 26.1 Å². The number of aryl methyl sites for hydroxylation is 1. The van der Waals surface area contributed by atoms with Crippen molar-refractivity contribution in [2.24, 2.45) is 0 Å². The summed E-state index contributed by atoms with van der Waals surface area (Å²) in [5.41, 5.74) is 3.81. The minimum atomic E-state index is -0.774. The Kier molecular flexibility index (Phi) is 7.41. The number of aliphatic hydroxyl groups is 1. The standard InChI is InChI=1S/C32H28N2O5/c1-21-18-25(10-13-27(21)39-20-23-6-4-3-5-7-23)30(35)28-29(24-14-16-33-17-15-24)34(32(37)31(28)36)19-22-8-11-26(38-2)12-9-22/h3-18,29,35H,19-20H2,1-2H3/b30-28-. The third kappa shape index (κ3) is 5.38. The van der Waals surface area contributed by atoms with Crippen molar-refractivity contribution >= 4 is 17.4 Å². The van der Waals surface area contributed by atoms with E-state index < -0.39 is 17.7 Å². The SMILES string of the molecule is COc1ccc(CN2C(=O)C(=O)/C(=C(\O)c3ccc(OCc4ccccc4)c(C)c3)C2c2ccncc2)cc1. The molecule has 7 heteroatoms. The summed E-state index contributed by atoms with van der Waals surface area (Å²) < 4.78 is 11.2. The van der Waals surface area contributed by atoms with Crippen LogP contribution in [0, 0.1) is 6.92 Å². The minimum Gasteiger partial charge on any atom is -0.507 e. The fourth-order valence-corrected chi connectivity index (χ4v) is 4.71. The molecule has 7 nitrogen and oxygen atoms in total. The Morgan fingerprint density at radius 3 is 2.31 bits per heavy atom. The van der Waals surface area contributed by atoms with Gasteiger partial charge in [-0.3, -0.25) is 14.6 Å². The van der Waals surface area contributed by atoms with E-state index in [4.69, 9.17) is 9.47 Å². The molecule has 0 radical (unpaired) electrons. The fourth-order valence-electron chi connectivity index (χ4n) is 4.71.